The maximum Gasteiger partial charge on any atom is 0.304 e. The molecular formula is C11H22NO2+. The summed E-state index contributed by atoms with van der Waals surface area (Å²) in [5.74, 6) is -0.658. The number of hydrogen-bond donors (Lipinski definition) is 1. The first-order valence-electron chi connectivity index (χ1n) is 5.37. The molecule has 82 valence electrons. The van der Waals surface area contributed by atoms with Crippen LogP contribution in [0.4, 0.5) is 0 Å². The van der Waals surface area contributed by atoms with Crippen molar-refractivity contribution in [2.75, 3.05) is 27.2 Å². The van der Waals surface area contributed by atoms with Crippen LogP contribution < -0.4 is 0 Å². The third-order valence-electron chi connectivity index (χ3n) is 3.18. The Morgan fingerprint density at radius 2 is 2.07 bits per heavy atom. The number of carboxylic acids is 1. The summed E-state index contributed by atoms with van der Waals surface area (Å²) in [4.78, 5) is 10.8. The molecule has 0 aliphatic carbocycles. The second kappa shape index (κ2) is 3.89. The Morgan fingerprint density at radius 3 is 2.64 bits per heavy atom. The van der Waals surface area contributed by atoms with Crippen molar-refractivity contribution in [3.05, 3.63) is 0 Å². The topological polar surface area (TPSA) is 37.3 Å². The summed E-state index contributed by atoms with van der Waals surface area (Å²) in [5, 5.41) is 8.89. The largest absolute Gasteiger partial charge is 0.481 e. The van der Waals surface area contributed by atoms with Crippen molar-refractivity contribution in [1.29, 1.82) is 0 Å². The fourth-order valence-electron chi connectivity index (χ4n) is 2.79. The number of rotatable bonds is 2. The van der Waals surface area contributed by atoms with Gasteiger partial charge in [0.15, 0.2) is 0 Å². The number of quaternary nitrogens is 1. The van der Waals surface area contributed by atoms with Gasteiger partial charge in [0.25, 0.3) is 0 Å². The molecule has 0 radical (unpaired) electrons. The second-order valence-electron chi connectivity index (χ2n) is 5.66. The van der Waals surface area contributed by atoms with Gasteiger partial charge in [0.2, 0.25) is 0 Å². The SMILES string of the molecule is CC1(CC(=O)O)CCCC[N+](C)(C)C1. The number of nitrogens with zero attached hydrogens (tertiary/aromatic N) is 1. The normalized spacial score (nSPS) is 32.2. The highest BCUT2D eigenvalue weighted by molar-refractivity contribution is 5.67. The van der Waals surface area contributed by atoms with Gasteiger partial charge in [-0.05, 0) is 19.3 Å². The predicted molar refractivity (Wildman–Crippen MR) is 56.1 cm³/mol. The summed E-state index contributed by atoms with van der Waals surface area (Å²) in [5.41, 5.74) is -0.00810. The summed E-state index contributed by atoms with van der Waals surface area (Å²) in [7, 11) is 4.40. The molecule has 1 atom stereocenters. The second-order valence-corrected chi connectivity index (χ2v) is 5.66. The van der Waals surface area contributed by atoms with E-state index in [-0.39, 0.29) is 5.41 Å². The highest BCUT2D eigenvalue weighted by atomic mass is 16.4. The van der Waals surface area contributed by atoms with Gasteiger partial charge in [0, 0.05) is 5.41 Å². The number of hydrogen-bond acceptors (Lipinski definition) is 1. The van der Waals surface area contributed by atoms with Gasteiger partial charge in [0.05, 0.1) is 33.6 Å². The molecule has 0 amide bonds. The molecule has 1 fully saturated rings. The summed E-state index contributed by atoms with van der Waals surface area (Å²) < 4.78 is 0.962. The number of likely N-dealkylation sites (tertiary alicyclic amines) is 1. The van der Waals surface area contributed by atoms with Crippen molar-refractivity contribution < 1.29 is 14.4 Å². The highest BCUT2D eigenvalue weighted by Gasteiger charge is 2.36. The van der Waals surface area contributed by atoms with Crippen LogP contribution in [0.3, 0.4) is 0 Å². The van der Waals surface area contributed by atoms with Crippen LogP contribution in [0.15, 0.2) is 0 Å². The van der Waals surface area contributed by atoms with Crippen LogP contribution in [0, 0.1) is 5.41 Å². The molecule has 1 unspecified atom stereocenters. The van der Waals surface area contributed by atoms with E-state index in [0.29, 0.717) is 6.42 Å². The lowest BCUT2D eigenvalue weighted by Crippen LogP contribution is -2.46. The molecule has 1 N–H and O–H groups in total. The molecule has 1 aliphatic rings. The van der Waals surface area contributed by atoms with E-state index >= 15 is 0 Å². The number of aliphatic carboxylic acids is 1. The van der Waals surface area contributed by atoms with E-state index < -0.39 is 5.97 Å². The van der Waals surface area contributed by atoms with E-state index in [9.17, 15) is 4.79 Å². The Balaban J connectivity index is 2.70. The Hall–Kier alpha value is -0.570. The molecule has 1 rings (SSSR count). The van der Waals surface area contributed by atoms with E-state index in [1.54, 1.807) is 0 Å². The minimum absolute atomic E-state index is 0.00810. The monoisotopic (exact) mass is 200 g/mol. The van der Waals surface area contributed by atoms with Gasteiger partial charge < -0.3 is 9.59 Å². The zero-order valence-corrected chi connectivity index (χ0v) is 9.55. The molecule has 0 aromatic carbocycles. The average Bonchev–Trinajstić information content (AvgIpc) is 2.06. The molecule has 3 nitrogen and oxygen atoms in total. The smallest absolute Gasteiger partial charge is 0.304 e. The third kappa shape index (κ3) is 3.29. The summed E-state index contributed by atoms with van der Waals surface area (Å²) >= 11 is 0. The first-order chi connectivity index (χ1) is 6.33. The van der Waals surface area contributed by atoms with Gasteiger partial charge in [-0.2, -0.15) is 0 Å². The first kappa shape index (κ1) is 11.5. The fraction of sp³-hybridized carbons (Fsp3) is 0.909. The van der Waals surface area contributed by atoms with Crippen molar-refractivity contribution in [2.24, 2.45) is 5.41 Å². The van der Waals surface area contributed by atoms with E-state index in [0.717, 1.165) is 17.4 Å². The fourth-order valence-corrected chi connectivity index (χ4v) is 2.79. The molecule has 0 aromatic rings. The van der Waals surface area contributed by atoms with Gasteiger partial charge >= 0.3 is 5.97 Å². The molecule has 0 bridgehead atoms. The van der Waals surface area contributed by atoms with E-state index in [1.807, 2.05) is 0 Å². The van der Waals surface area contributed by atoms with Crippen LogP contribution in [-0.2, 0) is 4.79 Å². The van der Waals surface area contributed by atoms with Crippen LogP contribution in [-0.4, -0.2) is 42.7 Å². The predicted octanol–water partition coefficient (Wildman–Crippen LogP) is 1.73. The maximum atomic E-state index is 10.8. The minimum atomic E-state index is -0.658. The molecule has 3 heteroatoms. The molecular weight excluding hydrogens is 178 g/mol. The van der Waals surface area contributed by atoms with Gasteiger partial charge in [-0.15, -0.1) is 0 Å². The van der Waals surface area contributed by atoms with E-state index in [4.69, 9.17) is 5.11 Å². The standard InChI is InChI=1S/C11H21NO2/c1-11(8-10(13)14)6-4-5-7-12(2,3)9-11/h4-9H2,1-3H3/p+1. The Labute approximate surface area is 86.3 Å². The molecule has 1 heterocycles. The van der Waals surface area contributed by atoms with Crippen molar-refractivity contribution in [1.82, 2.24) is 0 Å². The van der Waals surface area contributed by atoms with Crippen molar-refractivity contribution in [3.8, 4) is 0 Å². The van der Waals surface area contributed by atoms with Gasteiger partial charge in [0.1, 0.15) is 0 Å². The Morgan fingerprint density at radius 1 is 1.43 bits per heavy atom. The van der Waals surface area contributed by atoms with E-state index in [1.165, 1.54) is 19.4 Å². The van der Waals surface area contributed by atoms with Gasteiger partial charge in [-0.25, -0.2) is 0 Å². The lowest BCUT2D eigenvalue weighted by atomic mass is 9.82. The molecule has 0 aromatic heterocycles. The third-order valence-corrected chi connectivity index (χ3v) is 3.18. The van der Waals surface area contributed by atoms with Gasteiger partial charge in [-0.1, -0.05) is 6.92 Å². The van der Waals surface area contributed by atoms with Crippen molar-refractivity contribution in [2.45, 2.75) is 32.6 Å². The van der Waals surface area contributed by atoms with Crippen LogP contribution in [0.25, 0.3) is 0 Å². The lowest BCUT2D eigenvalue weighted by Gasteiger charge is -2.36. The molecule has 14 heavy (non-hydrogen) atoms. The van der Waals surface area contributed by atoms with Crippen LogP contribution in [0.5, 0.6) is 0 Å². The van der Waals surface area contributed by atoms with E-state index in [2.05, 4.69) is 21.0 Å². The average molecular weight is 200 g/mol. The van der Waals surface area contributed by atoms with Crippen molar-refractivity contribution in [3.63, 3.8) is 0 Å². The lowest BCUT2D eigenvalue weighted by molar-refractivity contribution is -0.895. The summed E-state index contributed by atoms with van der Waals surface area (Å²) in [6.07, 6.45) is 3.77. The Kier molecular flexibility index (Phi) is 3.20. The number of carboxylic acid groups (broad SMARTS) is 1. The molecule has 1 saturated heterocycles. The van der Waals surface area contributed by atoms with Crippen LogP contribution in [0.2, 0.25) is 0 Å². The minimum Gasteiger partial charge on any atom is -0.481 e. The summed E-state index contributed by atoms with van der Waals surface area (Å²) in [6, 6.07) is 0. The first-order valence-corrected chi connectivity index (χ1v) is 5.37. The van der Waals surface area contributed by atoms with Crippen molar-refractivity contribution >= 4 is 5.97 Å². The molecule has 1 aliphatic heterocycles. The van der Waals surface area contributed by atoms with Gasteiger partial charge in [-0.3, -0.25) is 4.79 Å². The summed E-state index contributed by atoms with van der Waals surface area (Å²) in [6.45, 7) is 4.28. The highest BCUT2D eigenvalue weighted by Crippen LogP contribution is 2.33. The zero-order valence-electron chi connectivity index (χ0n) is 9.55. The molecule has 0 saturated carbocycles. The Bertz CT molecular complexity index is 225. The zero-order chi connectivity index (χ0) is 10.8. The quantitative estimate of drug-likeness (QED) is 0.689. The van der Waals surface area contributed by atoms with Crippen LogP contribution >= 0.6 is 0 Å². The number of carbonyl (C=O) groups is 1. The van der Waals surface area contributed by atoms with Crippen LogP contribution in [0.1, 0.15) is 32.6 Å². The molecule has 0 spiro atoms. The maximum absolute atomic E-state index is 10.8.